The van der Waals surface area contributed by atoms with Crippen LogP contribution in [-0.4, -0.2) is 49.5 Å². The second-order valence-corrected chi connectivity index (χ2v) is 7.91. The normalized spacial score (nSPS) is 12.6. The van der Waals surface area contributed by atoms with Crippen molar-refractivity contribution < 1.29 is 14.6 Å². The van der Waals surface area contributed by atoms with Gasteiger partial charge in [-0.15, -0.1) is 5.10 Å². The van der Waals surface area contributed by atoms with Crippen molar-refractivity contribution in [2.24, 2.45) is 0 Å². The highest BCUT2D eigenvalue weighted by Gasteiger charge is 2.15. The highest BCUT2D eigenvalue weighted by Crippen LogP contribution is 2.22. The topological polar surface area (TPSA) is 114 Å². The minimum Gasteiger partial charge on any atom is -0.497 e. The molecule has 2 aromatic heterocycles. The lowest BCUT2D eigenvalue weighted by molar-refractivity contribution is 0.0676. The molecule has 0 spiro atoms. The number of hydrogen-bond donors (Lipinski definition) is 3. The number of carbonyl (C=O) groups excluding carboxylic acids is 1. The summed E-state index contributed by atoms with van der Waals surface area (Å²) in [7, 11) is 1.62. The van der Waals surface area contributed by atoms with Crippen molar-refractivity contribution >= 4 is 17.8 Å². The summed E-state index contributed by atoms with van der Waals surface area (Å²) in [4.78, 5) is 20.8. The van der Waals surface area contributed by atoms with E-state index in [0.717, 1.165) is 29.8 Å². The van der Waals surface area contributed by atoms with E-state index in [9.17, 15) is 9.90 Å². The molecule has 0 bridgehead atoms. The Bertz CT molecular complexity index is 994. The van der Waals surface area contributed by atoms with Gasteiger partial charge in [0.15, 0.2) is 0 Å². The van der Waals surface area contributed by atoms with Crippen LogP contribution in [0.1, 0.15) is 40.0 Å². The summed E-state index contributed by atoms with van der Waals surface area (Å²) in [5.41, 5.74) is 1.02. The number of benzene rings is 1. The molecule has 9 nitrogen and oxygen atoms in total. The van der Waals surface area contributed by atoms with E-state index in [1.807, 2.05) is 37.3 Å². The second-order valence-electron chi connectivity index (χ2n) is 7.91. The summed E-state index contributed by atoms with van der Waals surface area (Å²) in [6.07, 6.45) is 3.90. The predicted molar refractivity (Wildman–Crippen MR) is 115 cm³/mol. The lowest BCUT2D eigenvalue weighted by Gasteiger charge is -2.19. The monoisotopic (exact) mass is 412 g/mol. The van der Waals surface area contributed by atoms with Gasteiger partial charge in [0.2, 0.25) is 0 Å². The lowest BCUT2D eigenvalue weighted by atomic mass is 10.00. The van der Waals surface area contributed by atoms with Crippen molar-refractivity contribution in [3.63, 3.8) is 0 Å². The van der Waals surface area contributed by atoms with Gasteiger partial charge >= 0.3 is 6.03 Å². The lowest BCUT2D eigenvalue weighted by Crippen LogP contribution is -2.36. The Kier molecular flexibility index (Phi) is 6.51. The van der Waals surface area contributed by atoms with Crippen LogP contribution in [0.5, 0.6) is 5.75 Å². The first kappa shape index (κ1) is 21.5. The van der Waals surface area contributed by atoms with Gasteiger partial charge in [0.05, 0.1) is 18.4 Å². The maximum atomic E-state index is 12.3. The summed E-state index contributed by atoms with van der Waals surface area (Å²) in [5.74, 6) is 1.32. The molecule has 0 saturated heterocycles. The van der Waals surface area contributed by atoms with E-state index in [1.165, 1.54) is 0 Å². The Hall–Kier alpha value is -3.20. The number of hydrogen-bond acceptors (Lipinski definition) is 6. The van der Waals surface area contributed by atoms with Gasteiger partial charge in [-0.2, -0.15) is 9.50 Å². The van der Waals surface area contributed by atoms with Crippen LogP contribution in [0.15, 0.2) is 36.5 Å². The van der Waals surface area contributed by atoms with Gasteiger partial charge in [0, 0.05) is 17.8 Å². The van der Waals surface area contributed by atoms with Crippen LogP contribution < -0.4 is 15.4 Å². The van der Waals surface area contributed by atoms with E-state index in [4.69, 9.17) is 4.74 Å². The van der Waals surface area contributed by atoms with Gasteiger partial charge in [0.25, 0.3) is 11.7 Å². The Labute approximate surface area is 175 Å². The molecule has 0 aliphatic heterocycles. The number of rotatable bonds is 8. The van der Waals surface area contributed by atoms with E-state index < -0.39 is 5.60 Å². The minimum absolute atomic E-state index is 0.0441. The predicted octanol–water partition coefficient (Wildman–Crippen LogP) is 3.25. The molecule has 1 unspecified atom stereocenters. The number of methoxy groups -OCH3 is 1. The number of aromatic nitrogens is 4. The number of carbonyl (C=O) groups is 1. The number of aliphatic hydroxyl groups is 1. The summed E-state index contributed by atoms with van der Waals surface area (Å²) >= 11 is 0. The molecule has 0 saturated carbocycles. The Morgan fingerprint density at radius 1 is 1.27 bits per heavy atom. The maximum absolute atomic E-state index is 12.3. The number of amides is 2. The van der Waals surface area contributed by atoms with Gasteiger partial charge < -0.3 is 15.2 Å². The summed E-state index contributed by atoms with van der Waals surface area (Å²) in [6.45, 7) is 5.48. The van der Waals surface area contributed by atoms with Crippen LogP contribution in [0.2, 0.25) is 0 Å². The third-order valence-corrected chi connectivity index (χ3v) is 4.65. The average molecular weight is 412 g/mol. The zero-order chi connectivity index (χ0) is 21.7. The van der Waals surface area contributed by atoms with Crippen LogP contribution in [0.4, 0.5) is 10.7 Å². The maximum Gasteiger partial charge on any atom is 0.321 e. The molecule has 1 aromatic carbocycles. The van der Waals surface area contributed by atoms with Crippen LogP contribution in [0.3, 0.4) is 0 Å². The highest BCUT2D eigenvalue weighted by molar-refractivity contribution is 5.87. The van der Waals surface area contributed by atoms with Crippen LogP contribution in [-0.2, 0) is 0 Å². The Morgan fingerprint density at radius 3 is 2.67 bits per heavy atom. The zero-order valence-corrected chi connectivity index (χ0v) is 17.7. The molecule has 30 heavy (non-hydrogen) atoms. The summed E-state index contributed by atoms with van der Waals surface area (Å²) < 4.78 is 6.79. The van der Waals surface area contributed by atoms with Gasteiger partial charge in [0.1, 0.15) is 5.75 Å². The first-order chi connectivity index (χ1) is 14.2. The first-order valence-electron chi connectivity index (χ1n) is 9.91. The van der Waals surface area contributed by atoms with Gasteiger partial charge in [-0.05, 0) is 70.4 Å². The third kappa shape index (κ3) is 5.66. The number of fused-ring (bicyclic) bond motifs is 1. The van der Waals surface area contributed by atoms with Crippen LogP contribution in [0.25, 0.3) is 17.0 Å². The van der Waals surface area contributed by atoms with Gasteiger partial charge in [-0.3, -0.25) is 5.32 Å². The summed E-state index contributed by atoms with van der Waals surface area (Å²) in [5, 5.41) is 19.7. The van der Waals surface area contributed by atoms with E-state index in [2.05, 4.69) is 25.7 Å². The third-order valence-electron chi connectivity index (χ3n) is 4.65. The second kappa shape index (κ2) is 9.08. The van der Waals surface area contributed by atoms with Crippen molar-refractivity contribution in [1.82, 2.24) is 24.9 Å². The molecule has 9 heteroatoms. The van der Waals surface area contributed by atoms with E-state index in [1.54, 1.807) is 31.7 Å². The molecule has 3 N–H and O–H groups in total. The molecule has 3 aromatic rings. The first-order valence-corrected chi connectivity index (χ1v) is 9.91. The highest BCUT2D eigenvalue weighted by atomic mass is 16.5. The molecule has 1 atom stereocenters. The van der Waals surface area contributed by atoms with E-state index in [0.29, 0.717) is 12.2 Å². The van der Waals surface area contributed by atoms with Crippen molar-refractivity contribution in [2.75, 3.05) is 12.4 Å². The number of nitrogens with one attached hydrogen (secondary N) is 2. The van der Waals surface area contributed by atoms with E-state index in [-0.39, 0.29) is 18.0 Å². The fourth-order valence-electron chi connectivity index (χ4n) is 3.10. The molecule has 3 rings (SSSR count). The van der Waals surface area contributed by atoms with E-state index >= 15 is 0 Å². The number of anilines is 1. The SMILES string of the molecule is COc1ccc(-c2ccnc3nc(NC(=O)NC(C)CCCC(C)(C)O)nn23)cc1. The fourth-order valence-corrected chi connectivity index (χ4v) is 3.10. The summed E-state index contributed by atoms with van der Waals surface area (Å²) in [6, 6.07) is 8.98. The molecule has 0 aliphatic rings. The fraction of sp³-hybridized carbons (Fsp3) is 0.429. The molecule has 0 aliphatic carbocycles. The number of urea groups is 1. The Morgan fingerprint density at radius 2 is 2.00 bits per heavy atom. The molecule has 2 amide bonds. The Balaban J connectivity index is 1.66. The van der Waals surface area contributed by atoms with Crippen molar-refractivity contribution in [2.45, 2.75) is 51.7 Å². The standard InChI is InChI=1S/C21H28N6O3/c1-14(6-5-12-21(2,3)29)23-20(28)25-18-24-19-22-13-11-17(27(19)26-18)15-7-9-16(30-4)10-8-15/h7-11,13-14,29H,5-6,12H2,1-4H3,(H2,23,25,26,28). The van der Waals surface area contributed by atoms with Gasteiger partial charge in [-0.25, -0.2) is 9.78 Å². The molecule has 160 valence electrons. The number of ether oxygens (including phenoxy) is 1. The average Bonchev–Trinajstić information content (AvgIpc) is 3.09. The molecular weight excluding hydrogens is 384 g/mol. The molecular formula is C21H28N6O3. The van der Waals surface area contributed by atoms with Crippen molar-refractivity contribution in [3.8, 4) is 17.0 Å². The quantitative estimate of drug-likeness (QED) is 0.523. The van der Waals surface area contributed by atoms with Gasteiger partial charge in [-0.1, -0.05) is 0 Å². The van der Waals surface area contributed by atoms with Crippen molar-refractivity contribution in [1.29, 1.82) is 0 Å². The van der Waals surface area contributed by atoms with Crippen LogP contribution >= 0.6 is 0 Å². The smallest absolute Gasteiger partial charge is 0.321 e. The molecule has 0 radical (unpaired) electrons. The van der Waals surface area contributed by atoms with Crippen LogP contribution in [0, 0.1) is 0 Å². The number of nitrogens with zero attached hydrogens (tertiary/aromatic N) is 4. The molecule has 0 fully saturated rings. The van der Waals surface area contributed by atoms with Crippen molar-refractivity contribution in [3.05, 3.63) is 36.5 Å². The zero-order valence-electron chi connectivity index (χ0n) is 17.7. The molecule has 2 heterocycles. The largest absolute Gasteiger partial charge is 0.497 e. The minimum atomic E-state index is -0.697.